The minimum absolute atomic E-state index is 0.241. The third kappa shape index (κ3) is 5.06. The van der Waals surface area contributed by atoms with Gasteiger partial charge in [-0.1, -0.05) is 12.1 Å². The van der Waals surface area contributed by atoms with Crippen molar-refractivity contribution in [1.29, 1.82) is 0 Å². The van der Waals surface area contributed by atoms with Crippen LogP contribution in [0.2, 0.25) is 0 Å². The van der Waals surface area contributed by atoms with Crippen molar-refractivity contribution in [1.82, 2.24) is 29.7 Å². The minimum atomic E-state index is 0.241. The zero-order valence-electron chi connectivity index (χ0n) is 15.8. The third-order valence-electron chi connectivity index (χ3n) is 3.88. The summed E-state index contributed by atoms with van der Waals surface area (Å²) in [6, 6.07) is 11.8. The molecule has 148 valence electrons. The summed E-state index contributed by atoms with van der Waals surface area (Å²) in [4.78, 5) is 17.0. The Kier molecular flexibility index (Phi) is 5.60. The summed E-state index contributed by atoms with van der Waals surface area (Å²) in [6.07, 6.45) is 4.81. The molecule has 0 unspecified atom stereocenters. The van der Waals surface area contributed by atoms with E-state index in [0.29, 0.717) is 31.6 Å². The van der Waals surface area contributed by atoms with Gasteiger partial charge in [-0.15, -0.1) is 0 Å². The predicted octanol–water partition coefficient (Wildman–Crippen LogP) is 2.86. The molecule has 0 amide bonds. The van der Waals surface area contributed by atoms with Crippen molar-refractivity contribution < 1.29 is 9.15 Å². The fourth-order valence-electron chi connectivity index (χ4n) is 2.64. The highest BCUT2D eigenvalue weighted by atomic mass is 16.5. The maximum atomic E-state index is 5.47. The molecular formula is C19H20N8O2. The van der Waals surface area contributed by atoms with Crippen molar-refractivity contribution in [3.05, 3.63) is 66.6 Å². The van der Waals surface area contributed by atoms with E-state index in [0.717, 1.165) is 17.0 Å². The number of aromatic nitrogens is 6. The Morgan fingerprint density at radius 3 is 2.83 bits per heavy atom. The quantitative estimate of drug-likeness (QED) is 0.443. The van der Waals surface area contributed by atoms with Gasteiger partial charge in [-0.3, -0.25) is 0 Å². The van der Waals surface area contributed by atoms with E-state index in [2.05, 4.69) is 35.7 Å². The largest absolute Gasteiger partial charge is 0.467 e. The number of hydrogen-bond donors (Lipinski definition) is 2. The van der Waals surface area contributed by atoms with Crippen LogP contribution in [0.4, 0.5) is 17.6 Å². The molecule has 0 aliphatic carbocycles. The average molecular weight is 392 g/mol. The number of furan rings is 1. The molecule has 0 aliphatic rings. The van der Waals surface area contributed by atoms with Crippen molar-refractivity contribution in [2.45, 2.75) is 20.0 Å². The number of hydrogen-bond acceptors (Lipinski definition) is 9. The normalized spacial score (nSPS) is 10.7. The Morgan fingerprint density at radius 1 is 1.10 bits per heavy atom. The van der Waals surface area contributed by atoms with Crippen LogP contribution >= 0.6 is 0 Å². The number of rotatable bonds is 9. The van der Waals surface area contributed by atoms with Gasteiger partial charge in [0.25, 0.3) is 0 Å². The third-order valence-corrected chi connectivity index (χ3v) is 3.88. The van der Waals surface area contributed by atoms with E-state index >= 15 is 0 Å². The Bertz CT molecular complexity index is 1030. The molecule has 4 aromatic rings. The fourth-order valence-corrected chi connectivity index (χ4v) is 2.64. The molecule has 10 heteroatoms. The molecule has 1 aromatic carbocycles. The van der Waals surface area contributed by atoms with Crippen molar-refractivity contribution >= 4 is 17.6 Å². The molecule has 3 aromatic heterocycles. The van der Waals surface area contributed by atoms with Crippen molar-refractivity contribution in [3.63, 3.8) is 0 Å². The standard InChI is InChI=1S/C19H20N8O2/c1-2-28-19-25-17(21-10-16-7-4-8-29-16)24-18(26-19)23-15-6-3-5-14(9-15)11-27-13-20-12-22-27/h3-9,12-13H,2,10-11H2,1H3,(H2,21,23,24,25,26). The lowest BCUT2D eigenvalue weighted by atomic mass is 10.2. The molecule has 0 fully saturated rings. The first-order valence-electron chi connectivity index (χ1n) is 9.12. The Labute approximate surface area is 167 Å². The van der Waals surface area contributed by atoms with Crippen LogP contribution in [0.5, 0.6) is 6.01 Å². The maximum absolute atomic E-state index is 5.47. The molecule has 0 radical (unpaired) electrons. The Morgan fingerprint density at radius 2 is 2.03 bits per heavy atom. The highest BCUT2D eigenvalue weighted by Gasteiger charge is 2.09. The lowest BCUT2D eigenvalue weighted by molar-refractivity contribution is 0.312. The van der Waals surface area contributed by atoms with Crippen molar-refractivity contribution in [2.75, 3.05) is 17.2 Å². The topological polar surface area (TPSA) is 116 Å². The predicted molar refractivity (Wildman–Crippen MR) is 106 cm³/mol. The van der Waals surface area contributed by atoms with Gasteiger partial charge in [-0.05, 0) is 36.8 Å². The van der Waals surface area contributed by atoms with E-state index in [1.165, 1.54) is 6.33 Å². The number of anilines is 3. The van der Waals surface area contributed by atoms with Crippen molar-refractivity contribution in [3.8, 4) is 6.01 Å². The highest BCUT2D eigenvalue weighted by molar-refractivity contribution is 5.55. The van der Waals surface area contributed by atoms with Crippen LogP contribution in [0.25, 0.3) is 0 Å². The first kappa shape index (κ1) is 18.4. The van der Waals surface area contributed by atoms with Crippen LogP contribution in [0.15, 0.2) is 59.7 Å². The van der Waals surface area contributed by atoms with E-state index in [1.807, 2.05) is 43.3 Å². The molecule has 0 atom stereocenters. The van der Waals surface area contributed by atoms with Gasteiger partial charge < -0.3 is 19.8 Å². The van der Waals surface area contributed by atoms with E-state index in [9.17, 15) is 0 Å². The molecule has 0 spiro atoms. The molecule has 0 aliphatic heterocycles. The van der Waals surface area contributed by atoms with Crippen LogP contribution in [-0.4, -0.2) is 36.3 Å². The second-order valence-electron chi connectivity index (χ2n) is 6.05. The molecule has 0 bridgehead atoms. The van der Waals surface area contributed by atoms with Gasteiger partial charge >= 0.3 is 6.01 Å². The van der Waals surface area contributed by atoms with Gasteiger partial charge in [0.1, 0.15) is 18.4 Å². The Balaban J connectivity index is 1.50. The van der Waals surface area contributed by atoms with E-state index < -0.39 is 0 Å². The summed E-state index contributed by atoms with van der Waals surface area (Å²) in [5, 5.41) is 10.5. The molecule has 0 saturated heterocycles. The Hall–Kier alpha value is -3.95. The van der Waals surface area contributed by atoms with Crippen molar-refractivity contribution in [2.24, 2.45) is 0 Å². The molecule has 3 heterocycles. The van der Waals surface area contributed by atoms with Gasteiger partial charge in [0, 0.05) is 5.69 Å². The summed E-state index contributed by atoms with van der Waals surface area (Å²) in [5.74, 6) is 1.54. The number of nitrogens with one attached hydrogen (secondary N) is 2. The molecule has 29 heavy (non-hydrogen) atoms. The minimum Gasteiger partial charge on any atom is -0.467 e. The highest BCUT2D eigenvalue weighted by Crippen LogP contribution is 2.19. The average Bonchev–Trinajstić information content (AvgIpc) is 3.41. The second kappa shape index (κ2) is 8.83. The molecule has 10 nitrogen and oxygen atoms in total. The summed E-state index contributed by atoms with van der Waals surface area (Å²) >= 11 is 0. The van der Waals surface area contributed by atoms with Gasteiger partial charge in [0.2, 0.25) is 11.9 Å². The van der Waals surface area contributed by atoms with E-state index in [4.69, 9.17) is 9.15 Å². The zero-order valence-corrected chi connectivity index (χ0v) is 15.8. The number of ether oxygens (including phenoxy) is 1. The van der Waals surface area contributed by atoms with Crippen LogP contribution in [0.3, 0.4) is 0 Å². The van der Waals surface area contributed by atoms with Gasteiger partial charge in [0.15, 0.2) is 0 Å². The van der Waals surface area contributed by atoms with Crippen LogP contribution in [0.1, 0.15) is 18.2 Å². The number of benzene rings is 1. The molecule has 2 N–H and O–H groups in total. The lowest BCUT2D eigenvalue weighted by Gasteiger charge is -2.10. The lowest BCUT2D eigenvalue weighted by Crippen LogP contribution is -2.09. The summed E-state index contributed by atoms with van der Waals surface area (Å²) in [5.41, 5.74) is 1.91. The maximum Gasteiger partial charge on any atom is 0.323 e. The summed E-state index contributed by atoms with van der Waals surface area (Å²) in [7, 11) is 0. The van der Waals surface area contributed by atoms with Crippen LogP contribution in [0, 0.1) is 0 Å². The van der Waals surface area contributed by atoms with E-state index in [-0.39, 0.29) is 6.01 Å². The van der Waals surface area contributed by atoms with Gasteiger partial charge in [0.05, 0.1) is 26.0 Å². The zero-order chi connectivity index (χ0) is 19.9. The summed E-state index contributed by atoms with van der Waals surface area (Å²) < 4.78 is 12.6. The smallest absolute Gasteiger partial charge is 0.323 e. The fraction of sp³-hybridized carbons (Fsp3) is 0.211. The van der Waals surface area contributed by atoms with Gasteiger partial charge in [-0.25, -0.2) is 9.67 Å². The number of nitrogens with zero attached hydrogens (tertiary/aromatic N) is 6. The second-order valence-corrected chi connectivity index (χ2v) is 6.05. The van der Waals surface area contributed by atoms with Gasteiger partial charge in [-0.2, -0.15) is 20.1 Å². The monoisotopic (exact) mass is 392 g/mol. The first-order chi connectivity index (χ1) is 14.3. The summed E-state index contributed by atoms with van der Waals surface area (Å²) in [6.45, 7) is 3.40. The van der Waals surface area contributed by atoms with E-state index in [1.54, 1.807) is 17.3 Å². The SMILES string of the molecule is CCOc1nc(NCc2ccco2)nc(Nc2cccc(Cn3cncn3)c2)n1. The molecular weight excluding hydrogens is 372 g/mol. The molecule has 4 rings (SSSR count). The van der Waals surface area contributed by atoms with Crippen LogP contribution < -0.4 is 15.4 Å². The molecule has 0 saturated carbocycles. The van der Waals surface area contributed by atoms with Crippen LogP contribution in [-0.2, 0) is 13.1 Å². The first-order valence-corrected chi connectivity index (χ1v) is 9.12.